The van der Waals surface area contributed by atoms with E-state index in [1.807, 2.05) is 0 Å². The molecule has 29 heavy (non-hydrogen) atoms. The maximum atomic E-state index is 12.6. The predicted octanol–water partition coefficient (Wildman–Crippen LogP) is 1.86. The number of rotatable bonds is 4. The number of hydrogen-bond donors (Lipinski definition) is 0. The van der Waals surface area contributed by atoms with Gasteiger partial charge in [-0.25, -0.2) is 18.0 Å². The summed E-state index contributed by atoms with van der Waals surface area (Å²) in [5, 5.41) is -0.271. The molecule has 0 aliphatic carbocycles. The normalized spacial score (nSPS) is 15.7. The van der Waals surface area contributed by atoms with Crippen LogP contribution in [0.4, 0.5) is 0 Å². The third kappa shape index (κ3) is 3.38. The van der Waals surface area contributed by atoms with Crippen molar-refractivity contribution in [1.29, 1.82) is 0 Å². The van der Waals surface area contributed by atoms with Crippen LogP contribution < -0.4 is 10.4 Å². The molecule has 1 aromatic carbocycles. The summed E-state index contributed by atoms with van der Waals surface area (Å²) in [7, 11) is -0.484. The third-order valence-corrected chi connectivity index (χ3v) is 6.92. The van der Waals surface area contributed by atoms with Gasteiger partial charge >= 0.3 is 11.7 Å². The van der Waals surface area contributed by atoms with E-state index in [-0.39, 0.29) is 22.3 Å². The first-order valence-electron chi connectivity index (χ1n) is 9.26. The summed E-state index contributed by atoms with van der Waals surface area (Å²) in [4.78, 5) is 24.4. The van der Waals surface area contributed by atoms with Crippen LogP contribution in [0.5, 0.6) is 5.75 Å². The molecule has 1 aliphatic rings. The minimum atomic E-state index is -3.77. The highest BCUT2D eigenvalue weighted by atomic mass is 32.2. The van der Waals surface area contributed by atoms with Gasteiger partial charge in [0.2, 0.25) is 10.9 Å². The molecule has 9 nitrogen and oxygen atoms in total. The van der Waals surface area contributed by atoms with Crippen LogP contribution in [0.3, 0.4) is 0 Å². The molecular formula is C19H21N3O6S. The fourth-order valence-electron chi connectivity index (χ4n) is 3.51. The molecule has 0 spiro atoms. The fourth-order valence-corrected chi connectivity index (χ4v) is 4.94. The SMILES string of the molecule is Cn1c(=O)n(C)c2cc(OC(=O)c3ccc(S(=O)(=O)N4CCCCC4)o3)ccc21. The zero-order valence-electron chi connectivity index (χ0n) is 16.1. The maximum Gasteiger partial charge on any atom is 0.379 e. The molecule has 4 rings (SSSR count). The molecule has 10 heteroatoms. The number of piperidine rings is 1. The number of esters is 1. The lowest BCUT2D eigenvalue weighted by molar-refractivity contribution is 0.0695. The molecule has 0 bridgehead atoms. The number of aromatic nitrogens is 2. The van der Waals surface area contributed by atoms with Gasteiger partial charge in [0.05, 0.1) is 11.0 Å². The Balaban J connectivity index is 1.56. The number of fused-ring (bicyclic) bond motifs is 1. The van der Waals surface area contributed by atoms with Crippen LogP contribution in [0.1, 0.15) is 29.8 Å². The summed E-state index contributed by atoms with van der Waals surface area (Å²) in [6.07, 6.45) is 2.61. The van der Waals surface area contributed by atoms with E-state index in [9.17, 15) is 18.0 Å². The van der Waals surface area contributed by atoms with Crippen molar-refractivity contribution >= 4 is 27.0 Å². The third-order valence-electron chi connectivity index (χ3n) is 5.15. The average Bonchev–Trinajstić information content (AvgIpc) is 3.30. The molecule has 1 aliphatic heterocycles. The van der Waals surface area contributed by atoms with Crippen molar-refractivity contribution in [2.75, 3.05) is 13.1 Å². The van der Waals surface area contributed by atoms with Crippen LogP contribution in [0.25, 0.3) is 11.0 Å². The number of ether oxygens (including phenoxy) is 1. The highest BCUT2D eigenvalue weighted by Crippen LogP contribution is 2.24. The Labute approximate surface area is 167 Å². The number of furan rings is 1. The Bertz CT molecular complexity index is 1240. The van der Waals surface area contributed by atoms with E-state index in [0.717, 1.165) is 19.3 Å². The highest BCUT2D eigenvalue weighted by molar-refractivity contribution is 7.89. The molecule has 0 radical (unpaired) electrons. The molecule has 3 aromatic rings. The van der Waals surface area contributed by atoms with E-state index < -0.39 is 16.0 Å². The zero-order valence-corrected chi connectivity index (χ0v) is 16.9. The monoisotopic (exact) mass is 419 g/mol. The van der Waals surface area contributed by atoms with Crippen LogP contribution >= 0.6 is 0 Å². The van der Waals surface area contributed by atoms with E-state index in [2.05, 4.69) is 0 Å². The van der Waals surface area contributed by atoms with Crippen molar-refractivity contribution in [1.82, 2.24) is 13.4 Å². The lowest BCUT2D eigenvalue weighted by Gasteiger charge is -2.24. The highest BCUT2D eigenvalue weighted by Gasteiger charge is 2.30. The van der Waals surface area contributed by atoms with Gasteiger partial charge in [0.15, 0.2) is 0 Å². The van der Waals surface area contributed by atoms with Crippen molar-refractivity contribution < 1.29 is 22.4 Å². The van der Waals surface area contributed by atoms with Gasteiger partial charge in [-0.3, -0.25) is 9.13 Å². The Morgan fingerprint density at radius 3 is 2.41 bits per heavy atom. The standard InChI is InChI=1S/C19H21N3O6S/c1-20-14-7-6-13(12-15(14)21(2)19(20)24)27-18(23)16-8-9-17(28-16)29(25,26)22-10-4-3-5-11-22/h6-9,12H,3-5,10-11H2,1-2H3. The fraction of sp³-hybridized carbons (Fsp3) is 0.368. The lowest BCUT2D eigenvalue weighted by atomic mass is 10.2. The van der Waals surface area contributed by atoms with Gasteiger partial charge in [-0.15, -0.1) is 0 Å². The molecule has 1 saturated heterocycles. The second kappa shape index (κ2) is 7.20. The van der Waals surface area contributed by atoms with E-state index in [4.69, 9.17) is 9.15 Å². The minimum Gasteiger partial charge on any atom is -0.436 e. The lowest BCUT2D eigenvalue weighted by Crippen LogP contribution is -2.35. The van der Waals surface area contributed by atoms with Gasteiger partial charge in [0, 0.05) is 33.3 Å². The van der Waals surface area contributed by atoms with Crippen molar-refractivity contribution in [2.45, 2.75) is 24.4 Å². The topological polar surface area (TPSA) is 104 Å². The quantitative estimate of drug-likeness (QED) is 0.472. The molecule has 0 amide bonds. The van der Waals surface area contributed by atoms with Crippen molar-refractivity contribution in [3.8, 4) is 5.75 Å². The van der Waals surface area contributed by atoms with Crippen LogP contribution in [0.15, 0.2) is 44.6 Å². The van der Waals surface area contributed by atoms with Gasteiger partial charge in [0.25, 0.3) is 10.0 Å². The Morgan fingerprint density at radius 1 is 1.00 bits per heavy atom. The van der Waals surface area contributed by atoms with Crippen LogP contribution in [0, 0.1) is 0 Å². The van der Waals surface area contributed by atoms with Crippen LogP contribution in [0.2, 0.25) is 0 Å². The maximum absolute atomic E-state index is 12.6. The molecule has 0 saturated carbocycles. The second-order valence-corrected chi connectivity index (χ2v) is 8.89. The zero-order chi connectivity index (χ0) is 20.8. The van der Waals surface area contributed by atoms with E-state index in [0.29, 0.717) is 24.1 Å². The van der Waals surface area contributed by atoms with Crippen molar-refractivity contribution in [3.63, 3.8) is 0 Å². The first kappa shape index (κ1) is 19.5. The summed E-state index contributed by atoms with van der Waals surface area (Å²) in [5.74, 6) is -0.798. The molecular weight excluding hydrogens is 398 g/mol. The van der Waals surface area contributed by atoms with Gasteiger partial charge in [-0.1, -0.05) is 6.42 Å². The Morgan fingerprint density at radius 2 is 1.69 bits per heavy atom. The van der Waals surface area contributed by atoms with Crippen LogP contribution in [-0.2, 0) is 24.1 Å². The molecule has 0 N–H and O–H groups in total. The molecule has 2 aromatic heterocycles. The van der Waals surface area contributed by atoms with E-state index >= 15 is 0 Å². The number of sulfonamides is 1. The van der Waals surface area contributed by atoms with Gasteiger partial charge in [-0.05, 0) is 37.1 Å². The smallest absolute Gasteiger partial charge is 0.379 e. The number of imidazole rings is 1. The molecule has 0 atom stereocenters. The predicted molar refractivity (Wildman–Crippen MR) is 104 cm³/mol. The minimum absolute atomic E-state index is 0.193. The largest absolute Gasteiger partial charge is 0.436 e. The molecule has 1 fully saturated rings. The Hall–Kier alpha value is -2.85. The van der Waals surface area contributed by atoms with Gasteiger partial charge in [-0.2, -0.15) is 4.31 Å². The first-order chi connectivity index (χ1) is 13.8. The van der Waals surface area contributed by atoms with E-state index in [1.165, 1.54) is 25.6 Å². The number of benzene rings is 1. The molecule has 3 heterocycles. The summed E-state index contributed by atoms with van der Waals surface area (Å²) < 4.78 is 40.2. The van der Waals surface area contributed by atoms with E-state index in [1.54, 1.807) is 32.3 Å². The summed E-state index contributed by atoms with van der Waals surface area (Å²) in [6.45, 7) is 0.886. The number of carbonyl (C=O) groups is 1. The molecule has 154 valence electrons. The number of aryl methyl sites for hydroxylation is 2. The summed E-state index contributed by atoms with van der Waals surface area (Å²) in [6, 6.07) is 7.37. The Kier molecular flexibility index (Phi) is 4.83. The molecule has 0 unspecified atom stereocenters. The summed E-state index contributed by atoms with van der Waals surface area (Å²) in [5.41, 5.74) is 1.11. The second-order valence-electron chi connectivity index (χ2n) is 7.02. The number of nitrogens with zero attached hydrogens (tertiary/aromatic N) is 3. The number of carbonyl (C=O) groups excluding carboxylic acids is 1. The van der Waals surface area contributed by atoms with Gasteiger partial charge < -0.3 is 9.15 Å². The van der Waals surface area contributed by atoms with Crippen molar-refractivity contribution in [2.24, 2.45) is 14.1 Å². The average molecular weight is 419 g/mol. The number of hydrogen-bond acceptors (Lipinski definition) is 6. The summed E-state index contributed by atoms with van der Waals surface area (Å²) >= 11 is 0. The van der Waals surface area contributed by atoms with Gasteiger partial charge in [0.1, 0.15) is 5.75 Å². The van der Waals surface area contributed by atoms with Crippen LogP contribution in [-0.4, -0.2) is 40.9 Å². The first-order valence-corrected chi connectivity index (χ1v) is 10.7. The van der Waals surface area contributed by atoms with Crippen molar-refractivity contribution in [3.05, 3.63) is 46.6 Å².